The molecule has 0 saturated heterocycles. The molecule has 2 N–H and O–H groups in total. The minimum absolute atomic E-state index is 0.105. The maximum absolute atomic E-state index is 13.1. The topological polar surface area (TPSA) is 147 Å². The zero-order valence-electron chi connectivity index (χ0n) is 20.1. The number of aryl methyl sites for hydroxylation is 1. The molecule has 1 atom stereocenters. The molecular formula is C23H26FN7O5. The molecule has 13 heteroatoms. The summed E-state index contributed by atoms with van der Waals surface area (Å²) in [6.07, 6.45) is -0.362. The van der Waals surface area contributed by atoms with Crippen molar-refractivity contribution in [2.45, 2.75) is 32.5 Å². The Balaban J connectivity index is 1.61. The first-order valence-electron chi connectivity index (χ1n) is 11.2. The summed E-state index contributed by atoms with van der Waals surface area (Å²) in [5.41, 5.74) is -0.119. The monoisotopic (exact) mass is 499 g/mol. The molecule has 36 heavy (non-hydrogen) atoms. The molecule has 4 rings (SSSR count). The van der Waals surface area contributed by atoms with E-state index in [4.69, 9.17) is 4.42 Å². The van der Waals surface area contributed by atoms with Gasteiger partial charge in [0.25, 0.3) is 5.56 Å². The molecule has 3 heterocycles. The Morgan fingerprint density at radius 1 is 1.25 bits per heavy atom. The Kier molecular flexibility index (Phi) is 7.10. The molecule has 0 saturated carbocycles. The van der Waals surface area contributed by atoms with Crippen molar-refractivity contribution in [2.24, 2.45) is 0 Å². The minimum atomic E-state index is -0.702. The van der Waals surface area contributed by atoms with Crippen LogP contribution in [0.2, 0.25) is 0 Å². The normalized spacial score (nSPS) is 15.7. The van der Waals surface area contributed by atoms with Crippen LogP contribution in [0.25, 0.3) is 0 Å². The maximum Gasteiger partial charge on any atom is 0.311 e. The van der Waals surface area contributed by atoms with Crippen molar-refractivity contribution < 1.29 is 23.5 Å². The Morgan fingerprint density at radius 3 is 2.64 bits per heavy atom. The van der Waals surface area contributed by atoms with Crippen LogP contribution in [0.15, 0.2) is 33.5 Å². The standard InChI is InChI=1S/C23H26FN7O5/c1-13-27-28-21(36-13)23(35)30(3)17-12-29(2)8-9-31-20(17)26-16(19(33)22(31)34)10-18(32)25-11-14-4-6-15(24)7-5-14/h4-7,17,33H,8-12H2,1-3H3,(H,25,32). The molecule has 0 spiro atoms. The number of carbonyl (C=O) groups is 2. The second-order valence-corrected chi connectivity index (χ2v) is 8.62. The number of hydrogen-bond donors (Lipinski definition) is 2. The van der Waals surface area contributed by atoms with E-state index in [-0.39, 0.29) is 48.6 Å². The van der Waals surface area contributed by atoms with Gasteiger partial charge in [-0.05, 0) is 24.7 Å². The van der Waals surface area contributed by atoms with Gasteiger partial charge in [0, 0.05) is 40.2 Å². The van der Waals surface area contributed by atoms with Crippen LogP contribution in [-0.4, -0.2) is 73.7 Å². The average Bonchev–Trinajstić information content (AvgIpc) is 3.22. The lowest BCUT2D eigenvalue weighted by Crippen LogP contribution is -2.39. The van der Waals surface area contributed by atoms with E-state index in [0.29, 0.717) is 18.7 Å². The molecule has 0 fully saturated rings. The predicted molar refractivity (Wildman–Crippen MR) is 123 cm³/mol. The van der Waals surface area contributed by atoms with Gasteiger partial charge in [-0.25, -0.2) is 9.37 Å². The van der Waals surface area contributed by atoms with Gasteiger partial charge in [0.05, 0.1) is 12.1 Å². The molecule has 2 amide bonds. The molecule has 0 radical (unpaired) electrons. The molecule has 0 aliphatic carbocycles. The Bertz CT molecular complexity index is 1340. The van der Waals surface area contributed by atoms with Gasteiger partial charge in [0.1, 0.15) is 17.7 Å². The van der Waals surface area contributed by atoms with Crippen LogP contribution in [0.4, 0.5) is 4.39 Å². The first-order valence-corrected chi connectivity index (χ1v) is 11.2. The molecule has 1 aromatic carbocycles. The van der Waals surface area contributed by atoms with E-state index >= 15 is 0 Å². The van der Waals surface area contributed by atoms with E-state index in [9.17, 15) is 23.9 Å². The largest absolute Gasteiger partial charge is 0.502 e. The second kappa shape index (κ2) is 10.2. The van der Waals surface area contributed by atoms with Gasteiger partial charge in [-0.15, -0.1) is 10.2 Å². The quantitative estimate of drug-likeness (QED) is 0.492. The fraction of sp³-hybridized carbons (Fsp3) is 0.391. The van der Waals surface area contributed by atoms with Gasteiger partial charge < -0.3 is 24.6 Å². The number of amides is 2. The summed E-state index contributed by atoms with van der Waals surface area (Å²) in [5.74, 6) is -1.78. The van der Waals surface area contributed by atoms with Crippen molar-refractivity contribution in [2.75, 3.05) is 27.2 Å². The zero-order valence-corrected chi connectivity index (χ0v) is 20.1. The van der Waals surface area contributed by atoms with E-state index in [2.05, 4.69) is 20.5 Å². The number of nitrogens with zero attached hydrogens (tertiary/aromatic N) is 6. The van der Waals surface area contributed by atoms with Crippen molar-refractivity contribution in [1.82, 2.24) is 34.9 Å². The predicted octanol–water partition coefficient (Wildman–Crippen LogP) is 0.397. The third-order valence-corrected chi connectivity index (χ3v) is 5.96. The van der Waals surface area contributed by atoms with Crippen LogP contribution in [0.3, 0.4) is 0 Å². The average molecular weight is 500 g/mol. The van der Waals surface area contributed by atoms with Crippen LogP contribution in [0, 0.1) is 12.7 Å². The molecule has 3 aromatic rings. The van der Waals surface area contributed by atoms with Gasteiger partial charge in [-0.3, -0.25) is 19.0 Å². The molecule has 1 unspecified atom stereocenters. The summed E-state index contributed by atoms with van der Waals surface area (Å²) in [6, 6.07) is 4.95. The summed E-state index contributed by atoms with van der Waals surface area (Å²) < 4.78 is 19.7. The Hall–Kier alpha value is -4.13. The van der Waals surface area contributed by atoms with E-state index < -0.39 is 29.2 Å². The van der Waals surface area contributed by atoms with Gasteiger partial charge in [-0.1, -0.05) is 12.1 Å². The highest BCUT2D eigenvalue weighted by atomic mass is 19.1. The smallest absolute Gasteiger partial charge is 0.311 e. The number of carbonyl (C=O) groups excluding carboxylic acids is 2. The zero-order chi connectivity index (χ0) is 26.0. The fourth-order valence-corrected chi connectivity index (χ4v) is 3.93. The number of hydrogen-bond acceptors (Lipinski definition) is 9. The van der Waals surface area contributed by atoms with E-state index in [1.54, 1.807) is 19.1 Å². The fourth-order valence-electron chi connectivity index (χ4n) is 3.93. The molecule has 2 aromatic heterocycles. The molecule has 1 aliphatic heterocycles. The highest BCUT2D eigenvalue weighted by molar-refractivity contribution is 5.89. The highest BCUT2D eigenvalue weighted by Gasteiger charge is 2.33. The van der Waals surface area contributed by atoms with E-state index in [1.807, 2.05) is 11.9 Å². The summed E-state index contributed by atoms with van der Waals surface area (Å²) >= 11 is 0. The van der Waals surface area contributed by atoms with Gasteiger partial charge in [-0.2, -0.15) is 0 Å². The van der Waals surface area contributed by atoms with Gasteiger partial charge in [0.15, 0.2) is 0 Å². The van der Waals surface area contributed by atoms with Crippen molar-refractivity contribution in [1.29, 1.82) is 0 Å². The first-order chi connectivity index (χ1) is 17.1. The summed E-state index contributed by atoms with van der Waals surface area (Å²) in [5, 5.41) is 20.7. The SMILES string of the molecule is Cc1nnc(C(=O)N(C)C2CN(C)CCn3c2nc(CC(=O)NCc2ccc(F)cc2)c(O)c3=O)o1. The van der Waals surface area contributed by atoms with E-state index in [0.717, 1.165) is 0 Å². The van der Waals surface area contributed by atoms with Crippen molar-refractivity contribution in [3.63, 3.8) is 0 Å². The Morgan fingerprint density at radius 2 is 1.97 bits per heavy atom. The number of likely N-dealkylation sites (N-methyl/N-ethyl adjacent to an activating group) is 2. The number of aromatic hydroxyl groups is 1. The number of rotatable bonds is 6. The molecule has 190 valence electrons. The summed E-state index contributed by atoms with van der Waals surface area (Å²) in [6.45, 7) is 2.75. The molecule has 12 nitrogen and oxygen atoms in total. The van der Waals surface area contributed by atoms with Crippen molar-refractivity contribution >= 4 is 11.8 Å². The number of aromatic nitrogens is 4. The molecule has 1 aliphatic rings. The van der Waals surface area contributed by atoms with Gasteiger partial charge >= 0.3 is 11.8 Å². The number of nitrogens with one attached hydrogen (secondary N) is 1. The van der Waals surface area contributed by atoms with Crippen LogP contribution < -0.4 is 10.9 Å². The molecule has 0 bridgehead atoms. The lowest BCUT2D eigenvalue weighted by molar-refractivity contribution is -0.120. The number of fused-ring (bicyclic) bond motifs is 1. The van der Waals surface area contributed by atoms with Crippen molar-refractivity contribution in [3.8, 4) is 5.75 Å². The maximum atomic E-state index is 13.1. The Labute approximate surface area is 205 Å². The summed E-state index contributed by atoms with van der Waals surface area (Å²) in [7, 11) is 3.37. The van der Waals surface area contributed by atoms with Crippen LogP contribution in [0.5, 0.6) is 5.75 Å². The lowest BCUT2D eigenvalue weighted by Gasteiger charge is -2.28. The third kappa shape index (κ3) is 5.25. The van der Waals surface area contributed by atoms with E-state index in [1.165, 1.54) is 28.6 Å². The molecular weight excluding hydrogens is 473 g/mol. The lowest BCUT2D eigenvalue weighted by atomic mass is 10.2. The summed E-state index contributed by atoms with van der Waals surface area (Å²) in [4.78, 5) is 46.4. The van der Waals surface area contributed by atoms with Crippen LogP contribution in [0.1, 0.15) is 39.7 Å². The second-order valence-electron chi connectivity index (χ2n) is 8.62. The van der Waals surface area contributed by atoms with Crippen LogP contribution in [-0.2, 0) is 24.3 Å². The third-order valence-electron chi connectivity index (χ3n) is 5.96. The number of benzene rings is 1. The van der Waals surface area contributed by atoms with Crippen LogP contribution >= 0.6 is 0 Å². The highest BCUT2D eigenvalue weighted by Crippen LogP contribution is 2.25. The van der Waals surface area contributed by atoms with Gasteiger partial charge in [0.2, 0.25) is 17.5 Å². The minimum Gasteiger partial charge on any atom is -0.502 e. The number of halogens is 1. The van der Waals surface area contributed by atoms with Crippen molar-refractivity contribution in [3.05, 3.63) is 69.3 Å². The first kappa shape index (κ1) is 25.0.